The second-order valence-electron chi connectivity index (χ2n) is 5.06. The van der Waals surface area contributed by atoms with E-state index in [-0.39, 0.29) is 19.0 Å². The highest BCUT2D eigenvalue weighted by Gasteiger charge is 2.40. The van der Waals surface area contributed by atoms with Crippen molar-refractivity contribution < 1.29 is 19.8 Å². The van der Waals surface area contributed by atoms with Gasteiger partial charge in [-0.15, -0.1) is 0 Å². The minimum atomic E-state index is -1.06. The molecule has 2 unspecified atom stereocenters. The van der Waals surface area contributed by atoms with Gasteiger partial charge in [0.05, 0.1) is 6.10 Å². The highest BCUT2D eigenvalue weighted by atomic mass is 16.4. The number of amides is 2. The van der Waals surface area contributed by atoms with Gasteiger partial charge in [-0.05, 0) is 18.3 Å². The maximum atomic E-state index is 11.8. The zero-order valence-corrected chi connectivity index (χ0v) is 9.80. The number of aliphatic carboxylic acids is 1. The Hall–Kier alpha value is -1.30. The molecule has 1 aliphatic carbocycles. The Morgan fingerprint density at radius 3 is 2.59 bits per heavy atom. The molecule has 2 rings (SSSR count). The summed E-state index contributed by atoms with van der Waals surface area (Å²) >= 11 is 0. The van der Waals surface area contributed by atoms with Crippen LogP contribution in [0.4, 0.5) is 4.79 Å². The Kier molecular flexibility index (Phi) is 3.24. The number of nitrogens with one attached hydrogen (secondary N) is 1. The molecule has 3 N–H and O–H groups in total. The van der Waals surface area contributed by atoms with E-state index in [1.54, 1.807) is 0 Å². The zero-order chi connectivity index (χ0) is 12.6. The molecule has 0 spiro atoms. The molecule has 4 atom stereocenters. The molecule has 2 fully saturated rings. The van der Waals surface area contributed by atoms with Crippen LogP contribution in [0.3, 0.4) is 0 Å². The summed E-state index contributed by atoms with van der Waals surface area (Å²) in [5, 5.41) is 21.1. The van der Waals surface area contributed by atoms with Gasteiger partial charge in [0.1, 0.15) is 6.04 Å². The van der Waals surface area contributed by atoms with Gasteiger partial charge in [0.25, 0.3) is 0 Å². The molecule has 2 aliphatic rings. The number of nitrogens with zero attached hydrogens (tertiary/aromatic N) is 1. The van der Waals surface area contributed by atoms with Gasteiger partial charge in [0.15, 0.2) is 0 Å². The van der Waals surface area contributed by atoms with Crippen LogP contribution in [-0.4, -0.2) is 52.3 Å². The zero-order valence-electron chi connectivity index (χ0n) is 9.80. The third-order valence-electron chi connectivity index (χ3n) is 3.62. The lowest BCUT2D eigenvalue weighted by atomic mass is 10.2. The molecule has 1 saturated heterocycles. The summed E-state index contributed by atoms with van der Waals surface area (Å²) in [6.45, 7) is 2.82. The lowest BCUT2D eigenvalue weighted by molar-refractivity contribution is -0.141. The SMILES string of the molecule is CC1CC1CNC(=O)N1C[C@H](O)C[C@@H]1C(=O)O. The molecule has 1 saturated carbocycles. The molecule has 2 amide bonds. The summed E-state index contributed by atoms with van der Waals surface area (Å²) in [4.78, 5) is 23.9. The minimum absolute atomic E-state index is 0.100. The Morgan fingerprint density at radius 1 is 1.41 bits per heavy atom. The molecule has 17 heavy (non-hydrogen) atoms. The molecular weight excluding hydrogens is 224 g/mol. The molecule has 0 radical (unpaired) electrons. The topological polar surface area (TPSA) is 89.9 Å². The van der Waals surface area contributed by atoms with E-state index in [4.69, 9.17) is 5.11 Å². The predicted molar refractivity (Wildman–Crippen MR) is 59.4 cm³/mol. The average Bonchev–Trinajstić information content (AvgIpc) is 2.80. The van der Waals surface area contributed by atoms with Crippen molar-refractivity contribution in [1.29, 1.82) is 0 Å². The molecule has 0 aromatic carbocycles. The van der Waals surface area contributed by atoms with Crippen molar-refractivity contribution in [1.82, 2.24) is 10.2 Å². The third kappa shape index (κ3) is 2.69. The monoisotopic (exact) mass is 242 g/mol. The number of aliphatic hydroxyl groups excluding tert-OH is 1. The highest BCUT2D eigenvalue weighted by Crippen LogP contribution is 2.36. The van der Waals surface area contributed by atoms with Crippen LogP contribution in [0.25, 0.3) is 0 Å². The largest absolute Gasteiger partial charge is 0.480 e. The first-order valence-electron chi connectivity index (χ1n) is 5.94. The molecule has 96 valence electrons. The van der Waals surface area contributed by atoms with E-state index in [9.17, 15) is 14.7 Å². The summed E-state index contributed by atoms with van der Waals surface area (Å²) in [5.74, 6) is 0.112. The number of carboxylic acid groups (broad SMARTS) is 1. The summed E-state index contributed by atoms with van der Waals surface area (Å²) in [5.41, 5.74) is 0. The van der Waals surface area contributed by atoms with E-state index < -0.39 is 18.1 Å². The van der Waals surface area contributed by atoms with Gasteiger partial charge in [-0.1, -0.05) is 6.92 Å². The fourth-order valence-corrected chi connectivity index (χ4v) is 2.28. The number of carboxylic acids is 1. The van der Waals surface area contributed by atoms with Crippen molar-refractivity contribution in [2.24, 2.45) is 11.8 Å². The number of hydrogen-bond donors (Lipinski definition) is 3. The maximum Gasteiger partial charge on any atom is 0.326 e. The number of aliphatic hydroxyl groups is 1. The van der Waals surface area contributed by atoms with E-state index in [1.165, 1.54) is 4.90 Å². The number of β-amino-alcohol motifs (C(OH)–C–C–N with tert-alkyl or cyclic N) is 1. The van der Waals surface area contributed by atoms with E-state index >= 15 is 0 Å². The first-order chi connectivity index (χ1) is 7.99. The number of urea groups is 1. The minimum Gasteiger partial charge on any atom is -0.480 e. The Morgan fingerprint density at radius 2 is 2.06 bits per heavy atom. The Balaban J connectivity index is 1.86. The molecule has 6 nitrogen and oxygen atoms in total. The van der Waals surface area contributed by atoms with Gasteiger partial charge in [-0.3, -0.25) is 0 Å². The van der Waals surface area contributed by atoms with Gasteiger partial charge in [-0.2, -0.15) is 0 Å². The smallest absolute Gasteiger partial charge is 0.326 e. The first-order valence-corrected chi connectivity index (χ1v) is 5.94. The van der Waals surface area contributed by atoms with Crippen molar-refractivity contribution >= 4 is 12.0 Å². The molecular formula is C11H18N2O4. The maximum absolute atomic E-state index is 11.8. The molecule has 1 heterocycles. The van der Waals surface area contributed by atoms with Gasteiger partial charge >= 0.3 is 12.0 Å². The van der Waals surface area contributed by atoms with E-state index in [2.05, 4.69) is 12.2 Å². The summed E-state index contributed by atoms with van der Waals surface area (Å²) in [7, 11) is 0. The second-order valence-corrected chi connectivity index (χ2v) is 5.06. The van der Waals surface area contributed by atoms with Crippen LogP contribution in [0.1, 0.15) is 19.8 Å². The molecule has 1 aliphatic heterocycles. The lowest BCUT2D eigenvalue weighted by Gasteiger charge is -2.21. The van der Waals surface area contributed by atoms with Crippen molar-refractivity contribution in [3.05, 3.63) is 0 Å². The first kappa shape index (κ1) is 12.2. The standard InChI is InChI=1S/C11H18N2O4/c1-6-2-7(6)4-12-11(17)13-5-8(14)3-9(13)10(15)16/h6-9,14H,2-5H2,1H3,(H,12,17)(H,15,16)/t6?,7?,8-,9-/m1/s1. The number of hydrogen-bond acceptors (Lipinski definition) is 3. The van der Waals surface area contributed by atoms with E-state index in [0.717, 1.165) is 6.42 Å². The number of carbonyl (C=O) groups is 2. The summed E-state index contributed by atoms with van der Waals surface area (Å²) in [6.07, 6.45) is 0.495. The van der Waals surface area contributed by atoms with Gasteiger partial charge in [0.2, 0.25) is 0 Å². The fraction of sp³-hybridized carbons (Fsp3) is 0.818. The number of carbonyl (C=O) groups excluding carboxylic acids is 1. The van der Waals surface area contributed by atoms with E-state index in [0.29, 0.717) is 18.4 Å². The molecule has 0 aromatic rings. The third-order valence-corrected chi connectivity index (χ3v) is 3.62. The lowest BCUT2D eigenvalue weighted by Crippen LogP contribution is -2.46. The normalized spacial score (nSPS) is 35.8. The number of rotatable bonds is 3. The van der Waals surface area contributed by atoms with Gasteiger partial charge < -0.3 is 20.4 Å². The Labute approximate surface area is 99.6 Å². The summed E-state index contributed by atoms with van der Waals surface area (Å²) < 4.78 is 0. The second kappa shape index (κ2) is 4.52. The number of likely N-dealkylation sites (tertiary alicyclic amines) is 1. The van der Waals surface area contributed by atoms with Crippen LogP contribution in [-0.2, 0) is 4.79 Å². The van der Waals surface area contributed by atoms with Crippen molar-refractivity contribution in [2.45, 2.75) is 31.9 Å². The fourth-order valence-electron chi connectivity index (χ4n) is 2.28. The van der Waals surface area contributed by atoms with Crippen LogP contribution >= 0.6 is 0 Å². The predicted octanol–water partition coefficient (Wildman–Crippen LogP) is -0.128. The van der Waals surface area contributed by atoms with Crippen molar-refractivity contribution in [2.75, 3.05) is 13.1 Å². The van der Waals surface area contributed by atoms with Crippen LogP contribution < -0.4 is 5.32 Å². The van der Waals surface area contributed by atoms with Crippen molar-refractivity contribution in [3.8, 4) is 0 Å². The average molecular weight is 242 g/mol. The molecule has 6 heteroatoms. The van der Waals surface area contributed by atoms with E-state index in [1.807, 2.05) is 0 Å². The summed E-state index contributed by atoms with van der Waals surface area (Å²) in [6, 6.07) is -1.28. The van der Waals surface area contributed by atoms with Crippen LogP contribution in [0.2, 0.25) is 0 Å². The molecule has 0 bridgehead atoms. The Bertz CT molecular complexity index is 333. The molecule has 0 aromatic heterocycles. The van der Waals surface area contributed by atoms with Crippen molar-refractivity contribution in [3.63, 3.8) is 0 Å². The van der Waals surface area contributed by atoms with Gasteiger partial charge in [-0.25, -0.2) is 9.59 Å². The van der Waals surface area contributed by atoms with Gasteiger partial charge in [0, 0.05) is 19.5 Å². The van der Waals surface area contributed by atoms with Crippen LogP contribution in [0.5, 0.6) is 0 Å². The highest BCUT2D eigenvalue weighted by molar-refractivity contribution is 5.83. The van der Waals surface area contributed by atoms with Crippen LogP contribution in [0, 0.1) is 11.8 Å². The quantitative estimate of drug-likeness (QED) is 0.643. The van der Waals surface area contributed by atoms with Crippen LogP contribution in [0.15, 0.2) is 0 Å².